The molecule has 1 aliphatic rings. The van der Waals surface area contributed by atoms with Crippen molar-refractivity contribution >= 4 is 17.5 Å². The fourth-order valence-electron chi connectivity index (χ4n) is 2.59. The first-order valence-corrected chi connectivity index (χ1v) is 7.54. The van der Waals surface area contributed by atoms with Crippen molar-refractivity contribution in [3.63, 3.8) is 0 Å². The normalized spacial score (nSPS) is 23.1. The van der Waals surface area contributed by atoms with E-state index in [2.05, 4.69) is 10.4 Å². The number of carbonyl (C=O) groups is 2. The maximum atomic E-state index is 12.7. The van der Waals surface area contributed by atoms with E-state index in [4.69, 9.17) is 0 Å². The van der Waals surface area contributed by atoms with Crippen molar-refractivity contribution in [1.29, 1.82) is 0 Å². The molecule has 2 amide bonds. The quantitative estimate of drug-likeness (QED) is 0.919. The minimum atomic E-state index is -0.470. The first kappa shape index (κ1) is 15.5. The summed E-state index contributed by atoms with van der Waals surface area (Å²) in [5.74, 6) is -0.0882. The average molecular weight is 292 g/mol. The number of carbonyl (C=O) groups excluding carboxylic acids is 2. The lowest BCUT2D eigenvalue weighted by molar-refractivity contribution is -0.134. The summed E-state index contributed by atoms with van der Waals surface area (Å²) < 4.78 is 1.80. The summed E-state index contributed by atoms with van der Waals surface area (Å²) in [4.78, 5) is 26.6. The smallest absolute Gasteiger partial charge is 0.250 e. The number of nitrogens with one attached hydrogen (secondary N) is 1. The molecule has 1 aliphatic heterocycles. The molecule has 1 fully saturated rings. The Balaban J connectivity index is 2.39. The van der Waals surface area contributed by atoms with Gasteiger partial charge in [-0.3, -0.25) is 19.2 Å². The van der Waals surface area contributed by atoms with Crippen LogP contribution in [0.5, 0.6) is 0 Å². The zero-order valence-electron chi connectivity index (χ0n) is 13.3. The van der Waals surface area contributed by atoms with E-state index in [0.29, 0.717) is 12.1 Å². The van der Waals surface area contributed by atoms with Crippen molar-refractivity contribution in [2.75, 3.05) is 4.90 Å². The minimum Gasteiger partial charge on any atom is -0.342 e. The fraction of sp³-hybridized carbons (Fsp3) is 0.667. The average Bonchev–Trinajstić information content (AvgIpc) is 2.89. The van der Waals surface area contributed by atoms with Crippen LogP contribution >= 0.6 is 0 Å². The highest BCUT2D eigenvalue weighted by molar-refractivity contribution is 6.08. The fourth-order valence-corrected chi connectivity index (χ4v) is 2.59. The van der Waals surface area contributed by atoms with Gasteiger partial charge in [0.1, 0.15) is 12.1 Å². The number of rotatable bonds is 4. The van der Waals surface area contributed by atoms with E-state index in [1.165, 1.54) is 0 Å². The van der Waals surface area contributed by atoms with Gasteiger partial charge in [-0.2, -0.15) is 5.10 Å². The van der Waals surface area contributed by atoms with Crippen LogP contribution in [-0.4, -0.2) is 33.7 Å². The van der Waals surface area contributed by atoms with Gasteiger partial charge in [0.2, 0.25) is 5.91 Å². The van der Waals surface area contributed by atoms with Crippen molar-refractivity contribution < 1.29 is 9.59 Å². The lowest BCUT2D eigenvalue weighted by Crippen LogP contribution is -2.64. The van der Waals surface area contributed by atoms with Crippen LogP contribution in [0, 0.1) is 5.92 Å². The molecule has 2 unspecified atom stereocenters. The predicted octanol–water partition coefficient (Wildman–Crippen LogP) is 1.73. The van der Waals surface area contributed by atoms with E-state index in [-0.39, 0.29) is 23.8 Å². The molecule has 1 saturated heterocycles. The molecule has 1 aromatic heterocycles. The van der Waals surface area contributed by atoms with Gasteiger partial charge in [-0.15, -0.1) is 0 Å². The van der Waals surface area contributed by atoms with Gasteiger partial charge in [-0.1, -0.05) is 20.8 Å². The van der Waals surface area contributed by atoms with Gasteiger partial charge >= 0.3 is 0 Å². The van der Waals surface area contributed by atoms with Crippen molar-refractivity contribution in [1.82, 2.24) is 15.1 Å². The molecule has 21 heavy (non-hydrogen) atoms. The summed E-state index contributed by atoms with van der Waals surface area (Å²) in [6, 6.07) is -0.714. The summed E-state index contributed by atoms with van der Waals surface area (Å²) in [6.07, 6.45) is 4.08. The van der Waals surface area contributed by atoms with Gasteiger partial charge in [0.25, 0.3) is 5.91 Å². The van der Waals surface area contributed by atoms with E-state index >= 15 is 0 Å². The van der Waals surface area contributed by atoms with Crippen LogP contribution in [0.1, 0.15) is 47.1 Å². The van der Waals surface area contributed by atoms with Gasteiger partial charge in [-0.05, 0) is 26.2 Å². The van der Waals surface area contributed by atoms with Crippen molar-refractivity contribution in [3.8, 4) is 0 Å². The maximum absolute atomic E-state index is 12.7. The lowest BCUT2D eigenvalue weighted by atomic mass is 9.96. The number of anilines is 1. The molecule has 0 spiro atoms. The molecule has 0 radical (unpaired) electrons. The summed E-state index contributed by atoms with van der Waals surface area (Å²) in [7, 11) is 0. The topological polar surface area (TPSA) is 67.2 Å². The second kappa shape index (κ2) is 5.87. The second-order valence-electron chi connectivity index (χ2n) is 6.13. The van der Waals surface area contributed by atoms with Crippen LogP contribution in [0.4, 0.5) is 5.69 Å². The third-order valence-electron chi connectivity index (χ3n) is 3.86. The highest BCUT2D eigenvalue weighted by Gasteiger charge is 2.42. The third kappa shape index (κ3) is 2.80. The molecular formula is C15H24N4O2. The van der Waals surface area contributed by atoms with Crippen LogP contribution in [0.2, 0.25) is 0 Å². The number of hydrogen-bond acceptors (Lipinski definition) is 3. The van der Waals surface area contributed by atoms with E-state index in [1.807, 2.05) is 40.8 Å². The molecule has 0 saturated carbocycles. The number of piperazine rings is 1. The molecule has 6 heteroatoms. The molecule has 2 atom stereocenters. The Kier molecular flexibility index (Phi) is 4.34. The molecule has 6 nitrogen and oxygen atoms in total. The molecule has 2 rings (SSSR count). The standard InChI is InChI=1S/C15H24N4O2/c1-6-12-14(20)17-13(9(2)3)15(21)19(12)11-7-16-18(8-11)10(4)5/h7-10,12-13H,6H2,1-5H3,(H,17,20). The Labute approximate surface area is 125 Å². The van der Waals surface area contributed by atoms with Crippen LogP contribution in [-0.2, 0) is 9.59 Å². The molecule has 0 aliphatic carbocycles. The number of aromatic nitrogens is 2. The van der Waals surface area contributed by atoms with Crippen molar-refractivity contribution in [2.24, 2.45) is 5.92 Å². The SMILES string of the molecule is CCC1C(=O)NC(C(C)C)C(=O)N1c1cnn(C(C)C)c1. The summed E-state index contributed by atoms with van der Waals surface area (Å²) >= 11 is 0. The number of hydrogen-bond donors (Lipinski definition) is 1. The summed E-state index contributed by atoms with van der Waals surface area (Å²) in [5.41, 5.74) is 0.695. The molecule has 2 heterocycles. The van der Waals surface area contributed by atoms with E-state index in [0.717, 1.165) is 0 Å². The molecule has 1 aromatic rings. The first-order valence-electron chi connectivity index (χ1n) is 7.54. The van der Waals surface area contributed by atoms with Gasteiger partial charge < -0.3 is 5.32 Å². The van der Waals surface area contributed by atoms with Gasteiger partial charge in [0, 0.05) is 12.2 Å². The Morgan fingerprint density at radius 1 is 1.29 bits per heavy atom. The predicted molar refractivity (Wildman–Crippen MR) is 80.9 cm³/mol. The second-order valence-corrected chi connectivity index (χ2v) is 6.13. The highest BCUT2D eigenvalue weighted by Crippen LogP contribution is 2.25. The summed E-state index contributed by atoms with van der Waals surface area (Å²) in [5, 5.41) is 7.12. The van der Waals surface area contributed by atoms with Crippen LogP contribution < -0.4 is 10.2 Å². The van der Waals surface area contributed by atoms with Crippen LogP contribution in [0.25, 0.3) is 0 Å². The Bertz CT molecular complexity index is 536. The Morgan fingerprint density at radius 3 is 2.43 bits per heavy atom. The van der Waals surface area contributed by atoms with E-state index in [1.54, 1.807) is 15.8 Å². The molecule has 0 aromatic carbocycles. The largest absolute Gasteiger partial charge is 0.342 e. The molecule has 116 valence electrons. The zero-order valence-corrected chi connectivity index (χ0v) is 13.3. The Morgan fingerprint density at radius 2 is 1.95 bits per heavy atom. The van der Waals surface area contributed by atoms with E-state index in [9.17, 15) is 9.59 Å². The minimum absolute atomic E-state index is 0.0558. The first-order chi connectivity index (χ1) is 9.86. The highest BCUT2D eigenvalue weighted by atomic mass is 16.2. The summed E-state index contributed by atoms with van der Waals surface area (Å²) in [6.45, 7) is 9.83. The zero-order chi connectivity index (χ0) is 15.7. The molecule has 0 bridgehead atoms. The van der Waals surface area contributed by atoms with Gasteiger partial charge in [0.15, 0.2) is 0 Å². The third-order valence-corrected chi connectivity index (χ3v) is 3.86. The van der Waals surface area contributed by atoms with Crippen molar-refractivity contribution in [3.05, 3.63) is 12.4 Å². The van der Waals surface area contributed by atoms with Gasteiger partial charge in [-0.25, -0.2) is 0 Å². The number of nitrogens with zero attached hydrogens (tertiary/aromatic N) is 3. The lowest BCUT2D eigenvalue weighted by Gasteiger charge is -2.39. The maximum Gasteiger partial charge on any atom is 0.250 e. The monoisotopic (exact) mass is 292 g/mol. The van der Waals surface area contributed by atoms with Crippen LogP contribution in [0.15, 0.2) is 12.4 Å². The van der Waals surface area contributed by atoms with E-state index < -0.39 is 12.1 Å². The molecular weight excluding hydrogens is 268 g/mol. The van der Waals surface area contributed by atoms with Crippen LogP contribution in [0.3, 0.4) is 0 Å². The van der Waals surface area contributed by atoms with Gasteiger partial charge in [0.05, 0.1) is 11.9 Å². The molecule has 1 N–H and O–H groups in total. The van der Waals surface area contributed by atoms with Crippen molar-refractivity contribution in [2.45, 2.75) is 59.2 Å². The Hall–Kier alpha value is -1.85. The number of amides is 2.